The molecule has 1 aliphatic heterocycles. The number of nitrogens with zero attached hydrogens (tertiary/aromatic N) is 2. The molecule has 2 aromatic rings. The lowest BCUT2D eigenvalue weighted by molar-refractivity contribution is 0.346. The first-order chi connectivity index (χ1) is 9.42. The van der Waals surface area contributed by atoms with Crippen molar-refractivity contribution in [2.75, 3.05) is 18.0 Å². The number of rotatable bonds is 4. The maximum atomic E-state index is 5.09. The number of aromatic nitrogens is 1. The molecule has 2 heterocycles. The van der Waals surface area contributed by atoms with Crippen LogP contribution in [-0.2, 0) is 6.54 Å². The largest absolute Gasteiger partial charge is 0.371 e. The van der Waals surface area contributed by atoms with Crippen molar-refractivity contribution in [3.8, 4) is 0 Å². The van der Waals surface area contributed by atoms with Crippen LogP contribution in [0.4, 0.5) is 5.69 Å². The summed E-state index contributed by atoms with van der Waals surface area (Å²) in [7, 11) is 0. The molecule has 1 aliphatic rings. The Morgan fingerprint density at radius 1 is 1.16 bits per heavy atom. The smallest absolute Gasteiger partial charge is 0.150 e. The number of benzene rings is 1. The molecule has 1 aromatic carbocycles. The third kappa shape index (κ3) is 3.15. The molecule has 3 rings (SSSR count). The number of para-hydroxylation sites is 1. The van der Waals surface area contributed by atoms with E-state index < -0.39 is 0 Å². The predicted molar refractivity (Wildman–Crippen MR) is 75.0 cm³/mol. The highest BCUT2D eigenvalue weighted by molar-refractivity contribution is 5.46. The molecule has 0 atom stereocenters. The summed E-state index contributed by atoms with van der Waals surface area (Å²) in [6.07, 6.45) is 4.03. The second-order valence-electron chi connectivity index (χ2n) is 4.96. The summed E-state index contributed by atoms with van der Waals surface area (Å²) >= 11 is 0. The summed E-state index contributed by atoms with van der Waals surface area (Å²) < 4.78 is 5.09. The maximum Gasteiger partial charge on any atom is 0.150 e. The van der Waals surface area contributed by atoms with Crippen LogP contribution in [-0.4, -0.2) is 24.3 Å². The van der Waals surface area contributed by atoms with Gasteiger partial charge in [0, 0.05) is 30.9 Å². The van der Waals surface area contributed by atoms with Gasteiger partial charge in [0.05, 0.1) is 12.7 Å². The van der Waals surface area contributed by atoms with E-state index in [1.807, 2.05) is 6.07 Å². The van der Waals surface area contributed by atoms with Gasteiger partial charge in [-0.15, -0.1) is 0 Å². The molecular formula is C15H19N3O. The molecule has 19 heavy (non-hydrogen) atoms. The molecule has 1 fully saturated rings. The fourth-order valence-corrected chi connectivity index (χ4v) is 2.56. The summed E-state index contributed by atoms with van der Waals surface area (Å²) in [6.45, 7) is 2.99. The summed E-state index contributed by atoms with van der Waals surface area (Å²) in [4.78, 5) is 2.45. The van der Waals surface area contributed by atoms with Crippen molar-refractivity contribution in [2.24, 2.45) is 0 Å². The van der Waals surface area contributed by atoms with Gasteiger partial charge in [0.15, 0.2) is 0 Å². The van der Waals surface area contributed by atoms with Crippen molar-refractivity contribution in [1.82, 2.24) is 10.5 Å². The molecule has 100 valence electrons. The van der Waals surface area contributed by atoms with Gasteiger partial charge >= 0.3 is 0 Å². The number of hydrogen-bond donors (Lipinski definition) is 1. The van der Waals surface area contributed by atoms with Crippen LogP contribution >= 0.6 is 0 Å². The topological polar surface area (TPSA) is 41.3 Å². The molecule has 1 aromatic heterocycles. The van der Waals surface area contributed by atoms with Gasteiger partial charge in [-0.2, -0.15) is 0 Å². The number of anilines is 1. The molecule has 0 radical (unpaired) electrons. The van der Waals surface area contributed by atoms with Crippen molar-refractivity contribution >= 4 is 5.69 Å². The van der Waals surface area contributed by atoms with Crippen molar-refractivity contribution in [3.63, 3.8) is 0 Å². The Morgan fingerprint density at radius 3 is 2.63 bits per heavy atom. The standard InChI is InChI=1S/C15H19N3O/c1-2-4-14(5-3-1)18-10-7-13(8-11-18)16-12-15-6-9-17-19-15/h1-6,9,13,16H,7-8,10-12H2. The quantitative estimate of drug-likeness (QED) is 0.913. The highest BCUT2D eigenvalue weighted by atomic mass is 16.5. The first-order valence-corrected chi connectivity index (χ1v) is 6.85. The van der Waals surface area contributed by atoms with Gasteiger partial charge in [0.1, 0.15) is 5.76 Å². The van der Waals surface area contributed by atoms with Crippen LogP contribution in [0, 0.1) is 0 Å². The molecule has 0 spiro atoms. The second kappa shape index (κ2) is 5.89. The average molecular weight is 257 g/mol. The lowest BCUT2D eigenvalue weighted by Crippen LogP contribution is -2.42. The average Bonchev–Trinajstić information content (AvgIpc) is 3.00. The van der Waals surface area contributed by atoms with Gasteiger partial charge in [0.2, 0.25) is 0 Å². The number of hydrogen-bond acceptors (Lipinski definition) is 4. The Labute approximate surface area is 113 Å². The molecule has 0 unspecified atom stereocenters. The molecule has 4 heteroatoms. The maximum absolute atomic E-state index is 5.09. The van der Waals surface area contributed by atoms with Crippen LogP contribution in [0.25, 0.3) is 0 Å². The van der Waals surface area contributed by atoms with Crippen LogP contribution < -0.4 is 10.2 Å². The fourth-order valence-electron chi connectivity index (χ4n) is 2.56. The van der Waals surface area contributed by atoms with E-state index in [1.165, 1.54) is 18.5 Å². The Hall–Kier alpha value is -1.81. The number of nitrogens with one attached hydrogen (secondary N) is 1. The summed E-state index contributed by atoms with van der Waals surface area (Å²) in [5, 5.41) is 7.25. The molecule has 0 bridgehead atoms. The molecular weight excluding hydrogens is 238 g/mol. The van der Waals surface area contributed by atoms with E-state index in [1.54, 1.807) is 6.20 Å². The Balaban J connectivity index is 1.47. The van der Waals surface area contributed by atoms with Crippen molar-refractivity contribution < 1.29 is 4.52 Å². The van der Waals surface area contributed by atoms with Crippen molar-refractivity contribution in [3.05, 3.63) is 48.4 Å². The van der Waals surface area contributed by atoms with Crippen molar-refractivity contribution in [2.45, 2.75) is 25.4 Å². The molecule has 0 saturated carbocycles. The minimum atomic E-state index is 0.574. The van der Waals surface area contributed by atoms with Crippen LogP contribution in [0.3, 0.4) is 0 Å². The third-order valence-electron chi connectivity index (χ3n) is 3.67. The van der Waals surface area contributed by atoms with E-state index >= 15 is 0 Å². The van der Waals surface area contributed by atoms with Gasteiger partial charge in [-0.1, -0.05) is 23.4 Å². The molecule has 1 saturated heterocycles. The molecule has 0 amide bonds. The van der Waals surface area contributed by atoms with Gasteiger partial charge in [-0.3, -0.25) is 0 Å². The van der Waals surface area contributed by atoms with Crippen LogP contribution in [0.15, 0.2) is 47.1 Å². The molecule has 0 aliphatic carbocycles. The van der Waals surface area contributed by atoms with E-state index in [2.05, 4.69) is 45.7 Å². The third-order valence-corrected chi connectivity index (χ3v) is 3.67. The highest BCUT2D eigenvalue weighted by Crippen LogP contribution is 2.19. The zero-order valence-electron chi connectivity index (χ0n) is 11.0. The van der Waals surface area contributed by atoms with E-state index in [0.717, 1.165) is 25.4 Å². The van der Waals surface area contributed by atoms with Gasteiger partial charge < -0.3 is 14.7 Å². The molecule has 4 nitrogen and oxygen atoms in total. The Kier molecular flexibility index (Phi) is 3.79. The van der Waals surface area contributed by atoms with Crippen LogP contribution in [0.1, 0.15) is 18.6 Å². The number of piperidine rings is 1. The van der Waals surface area contributed by atoms with Gasteiger partial charge in [-0.25, -0.2) is 0 Å². The zero-order chi connectivity index (χ0) is 12.9. The van der Waals surface area contributed by atoms with E-state index in [-0.39, 0.29) is 0 Å². The normalized spacial score (nSPS) is 16.7. The van der Waals surface area contributed by atoms with E-state index in [4.69, 9.17) is 4.52 Å². The molecule has 1 N–H and O–H groups in total. The van der Waals surface area contributed by atoms with E-state index in [9.17, 15) is 0 Å². The SMILES string of the molecule is c1ccc(N2CCC(NCc3ccno3)CC2)cc1. The minimum Gasteiger partial charge on any atom is -0.371 e. The summed E-state index contributed by atoms with van der Waals surface area (Å²) in [6, 6.07) is 13.1. The van der Waals surface area contributed by atoms with Crippen molar-refractivity contribution in [1.29, 1.82) is 0 Å². The first kappa shape index (κ1) is 12.2. The second-order valence-corrected chi connectivity index (χ2v) is 4.96. The monoisotopic (exact) mass is 257 g/mol. The first-order valence-electron chi connectivity index (χ1n) is 6.85. The van der Waals surface area contributed by atoms with Gasteiger partial charge in [-0.05, 0) is 25.0 Å². The Bertz CT molecular complexity index is 475. The fraction of sp³-hybridized carbons (Fsp3) is 0.400. The van der Waals surface area contributed by atoms with Crippen LogP contribution in [0.5, 0.6) is 0 Å². The minimum absolute atomic E-state index is 0.574. The Morgan fingerprint density at radius 2 is 1.95 bits per heavy atom. The zero-order valence-corrected chi connectivity index (χ0v) is 11.0. The lowest BCUT2D eigenvalue weighted by Gasteiger charge is -2.33. The lowest BCUT2D eigenvalue weighted by atomic mass is 10.0. The van der Waals surface area contributed by atoms with Crippen LogP contribution in [0.2, 0.25) is 0 Å². The van der Waals surface area contributed by atoms with E-state index in [0.29, 0.717) is 6.04 Å². The van der Waals surface area contributed by atoms with Gasteiger partial charge in [0.25, 0.3) is 0 Å². The highest BCUT2D eigenvalue weighted by Gasteiger charge is 2.19. The summed E-state index contributed by atoms with van der Waals surface area (Å²) in [5.41, 5.74) is 1.33. The summed E-state index contributed by atoms with van der Waals surface area (Å²) in [5.74, 6) is 0.908. The predicted octanol–water partition coefficient (Wildman–Crippen LogP) is 2.43.